The number of nitrogens with one attached hydrogen (secondary N) is 1. The Morgan fingerprint density at radius 1 is 1.23 bits per heavy atom. The average Bonchev–Trinajstić information content (AvgIpc) is 2.92. The number of carbonyl (C=O) groups is 1. The van der Waals surface area contributed by atoms with Crippen LogP contribution in [-0.2, 0) is 11.3 Å². The maximum atomic E-state index is 12.5. The lowest BCUT2D eigenvalue weighted by Crippen LogP contribution is -2.35. The van der Waals surface area contributed by atoms with E-state index in [0.717, 1.165) is 35.5 Å². The summed E-state index contributed by atoms with van der Waals surface area (Å²) in [6.07, 6.45) is 8.66. The molecule has 0 spiro atoms. The Morgan fingerprint density at radius 2 is 1.90 bits per heavy atom. The van der Waals surface area contributed by atoms with E-state index in [4.69, 9.17) is 4.74 Å². The number of thioether (sulfide) groups is 1. The zero-order valence-electron chi connectivity index (χ0n) is 18.9. The van der Waals surface area contributed by atoms with Crippen LogP contribution in [0.5, 0.6) is 5.75 Å². The highest BCUT2D eigenvalue weighted by Crippen LogP contribution is 2.26. The molecular weight excluding hydrogens is 408 g/mol. The third kappa shape index (κ3) is 6.86. The first-order valence-electron chi connectivity index (χ1n) is 11.2. The highest BCUT2D eigenvalue weighted by molar-refractivity contribution is 7.99. The topological polar surface area (TPSA) is 69.0 Å². The standard InChI is InChI=1S/C24H34N4O2S/c1-5-12-28-23(19(4)30-21-14-17(2)13-18(3)15-21)26-27-24(28)31-16-22(29)25-20-10-8-6-7-9-11-20/h5,13-15,19-20H,1,6-12,16H2,2-4H3,(H,25,29). The average molecular weight is 443 g/mol. The number of hydrogen-bond donors (Lipinski definition) is 1. The van der Waals surface area contributed by atoms with Gasteiger partial charge in [-0.05, 0) is 56.9 Å². The van der Waals surface area contributed by atoms with Crippen LogP contribution in [0, 0.1) is 13.8 Å². The first-order valence-corrected chi connectivity index (χ1v) is 12.2. The SMILES string of the molecule is C=CCn1c(SCC(=O)NC2CCCCCC2)nnc1C(C)Oc1cc(C)cc(C)c1. The minimum atomic E-state index is -0.275. The fourth-order valence-electron chi connectivity index (χ4n) is 4.09. The zero-order valence-corrected chi connectivity index (χ0v) is 19.7. The summed E-state index contributed by atoms with van der Waals surface area (Å²) < 4.78 is 8.13. The first kappa shape index (κ1) is 23.4. The molecule has 1 aromatic carbocycles. The Balaban J connectivity index is 1.63. The van der Waals surface area contributed by atoms with Crippen LogP contribution in [0.1, 0.15) is 68.5 Å². The third-order valence-electron chi connectivity index (χ3n) is 5.48. The number of allylic oxidation sites excluding steroid dienone is 1. The second kappa shape index (κ2) is 11.4. The predicted molar refractivity (Wildman–Crippen MR) is 126 cm³/mol. The first-order chi connectivity index (χ1) is 15.0. The van der Waals surface area contributed by atoms with Crippen molar-refractivity contribution in [1.82, 2.24) is 20.1 Å². The van der Waals surface area contributed by atoms with Crippen molar-refractivity contribution in [2.75, 3.05) is 5.75 Å². The van der Waals surface area contributed by atoms with Crippen molar-refractivity contribution in [2.45, 2.75) is 83.1 Å². The monoisotopic (exact) mass is 442 g/mol. The van der Waals surface area contributed by atoms with E-state index in [0.29, 0.717) is 23.5 Å². The molecule has 1 heterocycles. The molecule has 1 N–H and O–H groups in total. The van der Waals surface area contributed by atoms with Gasteiger partial charge in [0.1, 0.15) is 5.75 Å². The van der Waals surface area contributed by atoms with Gasteiger partial charge in [0, 0.05) is 12.6 Å². The van der Waals surface area contributed by atoms with E-state index in [1.54, 1.807) is 0 Å². The predicted octanol–water partition coefficient (Wildman–Crippen LogP) is 5.15. The minimum absolute atomic E-state index is 0.0612. The molecule has 1 aliphatic rings. The van der Waals surface area contributed by atoms with Gasteiger partial charge in [0.2, 0.25) is 5.91 Å². The molecule has 1 unspecified atom stereocenters. The second-order valence-corrected chi connectivity index (χ2v) is 9.31. The van der Waals surface area contributed by atoms with Gasteiger partial charge in [-0.1, -0.05) is 49.6 Å². The lowest BCUT2D eigenvalue weighted by molar-refractivity contribution is -0.119. The van der Waals surface area contributed by atoms with Crippen molar-refractivity contribution in [3.05, 3.63) is 47.8 Å². The van der Waals surface area contributed by atoms with E-state index in [9.17, 15) is 4.79 Å². The lowest BCUT2D eigenvalue weighted by atomic mass is 10.1. The van der Waals surface area contributed by atoms with Gasteiger partial charge in [-0.2, -0.15) is 0 Å². The molecule has 31 heavy (non-hydrogen) atoms. The van der Waals surface area contributed by atoms with Crippen molar-refractivity contribution < 1.29 is 9.53 Å². The Labute approximate surface area is 189 Å². The molecule has 1 atom stereocenters. The van der Waals surface area contributed by atoms with Crippen molar-refractivity contribution in [1.29, 1.82) is 0 Å². The molecule has 1 aromatic heterocycles. The number of aryl methyl sites for hydroxylation is 2. The van der Waals surface area contributed by atoms with E-state index >= 15 is 0 Å². The molecule has 1 saturated carbocycles. The quantitative estimate of drug-likeness (QED) is 0.330. The van der Waals surface area contributed by atoms with Gasteiger partial charge in [0.25, 0.3) is 0 Å². The van der Waals surface area contributed by atoms with Gasteiger partial charge >= 0.3 is 0 Å². The van der Waals surface area contributed by atoms with Crippen molar-refractivity contribution in [2.24, 2.45) is 0 Å². The van der Waals surface area contributed by atoms with E-state index in [2.05, 4.69) is 42.0 Å². The molecule has 1 aliphatic carbocycles. The van der Waals surface area contributed by atoms with Crippen LogP contribution in [0.4, 0.5) is 0 Å². The maximum Gasteiger partial charge on any atom is 0.230 e. The maximum absolute atomic E-state index is 12.5. The molecule has 168 valence electrons. The fourth-order valence-corrected chi connectivity index (χ4v) is 4.86. The number of rotatable bonds is 9. The van der Waals surface area contributed by atoms with Gasteiger partial charge < -0.3 is 10.1 Å². The number of benzene rings is 1. The van der Waals surface area contributed by atoms with Crippen LogP contribution >= 0.6 is 11.8 Å². The number of hydrogen-bond acceptors (Lipinski definition) is 5. The molecule has 0 aliphatic heterocycles. The number of amides is 1. The summed E-state index contributed by atoms with van der Waals surface area (Å²) in [7, 11) is 0. The third-order valence-corrected chi connectivity index (χ3v) is 6.45. The summed E-state index contributed by atoms with van der Waals surface area (Å²) in [6, 6.07) is 6.46. The summed E-state index contributed by atoms with van der Waals surface area (Å²) in [5, 5.41) is 12.6. The molecule has 1 amide bonds. The van der Waals surface area contributed by atoms with E-state index in [1.165, 1.54) is 37.4 Å². The van der Waals surface area contributed by atoms with Crippen LogP contribution < -0.4 is 10.1 Å². The van der Waals surface area contributed by atoms with Crippen LogP contribution in [0.25, 0.3) is 0 Å². The highest BCUT2D eigenvalue weighted by atomic mass is 32.2. The molecule has 2 aromatic rings. The summed E-state index contributed by atoms with van der Waals surface area (Å²) in [4.78, 5) is 12.5. The van der Waals surface area contributed by atoms with Crippen LogP contribution in [0.2, 0.25) is 0 Å². The zero-order chi connectivity index (χ0) is 22.2. The molecular formula is C24H34N4O2S. The summed E-state index contributed by atoms with van der Waals surface area (Å²) in [5.74, 6) is 1.94. The molecule has 0 bridgehead atoms. The highest BCUT2D eigenvalue weighted by Gasteiger charge is 2.21. The molecule has 3 rings (SSSR count). The van der Waals surface area contributed by atoms with Crippen LogP contribution in [-0.4, -0.2) is 32.5 Å². The van der Waals surface area contributed by atoms with Crippen molar-refractivity contribution in [3.63, 3.8) is 0 Å². The van der Waals surface area contributed by atoms with E-state index in [1.807, 2.05) is 29.7 Å². The number of nitrogens with zero attached hydrogens (tertiary/aromatic N) is 3. The van der Waals surface area contributed by atoms with Crippen molar-refractivity contribution in [3.8, 4) is 5.75 Å². The summed E-state index contributed by atoms with van der Waals surface area (Å²) >= 11 is 1.41. The van der Waals surface area contributed by atoms with Gasteiger partial charge in [-0.25, -0.2) is 0 Å². The van der Waals surface area contributed by atoms with Crippen LogP contribution in [0.15, 0.2) is 36.0 Å². The largest absolute Gasteiger partial charge is 0.483 e. The van der Waals surface area contributed by atoms with E-state index < -0.39 is 0 Å². The lowest BCUT2D eigenvalue weighted by Gasteiger charge is -2.17. The summed E-state index contributed by atoms with van der Waals surface area (Å²) in [6.45, 7) is 10.5. The normalized spacial score (nSPS) is 15.8. The van der Waals surface area contributed by atoms with Gasteiger partial charge in [-0.3, -0.25) is 9.36 Å². The summed E-state index contributed by atoms with van der Waals surface area (Å²) in [5.41, 5.74) is 2.32. The minimum Gasteiger partial charge on any atom is -0.483 e. The molecule has 6 nitrogen and oxygen atoms in total. The molecule has 0 saturated heterocycles. The Kier molecular flexibility index (Phi) is 8.58. The fraction of sp³-hybridized carbons (Fsp3) is 0.542. The van der Waals surface area contributed by atoms with Gasteiger partial charge in [-0.15, -0.1) is 16.8 Å². The Bertz CT molecular complexity index is 867. The van der Waals surface area contributed by atoms with Gasteiger partial charge in [0.05, 0.1) is 5.75 Å². The number of aromatic nitrogens is 3. The van der Waals surface area contributed by atoms with E-state index in [-0.39, 0.29) is 12.0 Å². The smallest absolute Gasteiger partial charge is 0.230 e. The second-order valence-electron chi connectivity index (χ2n) is 8.37. The molecule has 7 heteroatoms. The molecule has 0 radical (unpaired) electrons. The van der Waals surface area contributed by atoms with Crippen LogP contribution in [0.3, 0.4) is 0 Å². The Morgan fingerprint density at radius 3 is 2.55 bits per heavy atom. The van der Waals surface area contributed by atoms with Crippen molar-refractivity contribution >= 4 is 17.7 Å². The van der Waals surface area contributed by atoms with Gasteiger partial charge in [0.15, 0.2) is 17.1 Å². The number of carbonyl (C=O) groups excluding carboxylic acids is 1. The molecule has 1 fully saturated rings. The number of ether oxygens (including phenoxy) is 1. The Hall–Kier alpha value is -2.28.